The van der Waals surface area contributed by atoms with Crippen molar-refractivity contribution in [3.05, 3.63) is 28.2 Å². The van der Waals surface area contributed by atoms with Gasteiger partial charge in [0.1, 0.15) is 0 Å². The number of ether oxygens (including phenoxy) is 1. The molecule has 0 heterocycles. The van der Waals surface area contributed by atoms with Crippen LogP contribution in [0.15, 0.2) is 22.7 Å². The van der Waals surface area contributed by atoms with Crippen LogP contribution in [0.25, 0.3) is 0 Å². The summed E-state index contributed by atoms with van der Waals surface area (Å²) in [7, 11) is 2.09. The molecule has 0 aliphatic heterocycles. The second-order valence-electron chi connectivity index (χ2n) is 4.57. The van der Waals surface area contributed by atoms with Gasteiger partial charge in [-0.2, -0.15) is 0 Å². The lowest BCUT2D eigenvalue weighted by atomic mass is 10.2. The van der Waals surface area contributed by atoms with Gasteiger partial charge >= 0.3 is 0 Å². The molecule has 0 saturated heterocycles. The van der Waals surface area contributed by atoms with Crippen molar-refractivity contribution in [3.8, 4) is 0 Å². The van der Waals surface area contributed by atoms with Gasteiger partial charge < -0.3 is 15.0 Å². The second-order valence-corrected chi connectivity index (χ2v) is 5.43. The van der Waals surface area contributed by atoms with E-state index in [2.05, 4.69) is 58.3 Å². The van der Waals surface area contributed by atoms with Crippen LogP contribution in [-0.4, -0.2) is 33.4 Å². The third-order valence-electron chi connectivity index (χ3n) is 2.99. The van der Waals surface area contributed by atoms with Crippen molar-refractivity contribution in [2.45, 2.75) is 26.8 Å². The molecule has 0 saturated carbocycles. The number of hydrogen-bond acceptors (Lipinski definition) is 3. The summed E-state index contributed by atoms with van der Waals surface area (Å²) < 4.78 is 6.55. The molecule has 1 aromatic carbocycles. The smallest absolute Gasteiger partial charge is 0.0641 e. The first-order valence-corrected chi connectivity index (χ1v) is 7.76. The van der Waals surface area contributed by atoms with E-state index in [1.807, 2.05) is 6.92 Å². The number of hydrogen-bond donors (Lipinski definition) is 1. The first kappa shape index (κ1) is 16.5. The van der Waals surface area contributed by atoms with Crippen molar-refractivity contribution in [2.75, 3.05) is 38.3 Å². The van der Waals surface area contributed by atoms with E-state index in [-0.39, 0.29) is 0 Å². The molecule has 19 heavy (non-hydrogen) atoms. The fourth-order valence-corrected chi connectivity index (χ4v) is 2.30. The molecule has 3 nitrogen and oxygen atoms in total. The van der Waals surface area contributed by atoms with Crippen LogP contribution in [0.5, 0.6) is 0 Å². The minimum atomic E-state index is 0.768. The van der Waals surface area contributed by atoms with Gasteiger partial charge in [0.05, 0.1) is 6.61 Å². The van der Waals surface area contributed by atoms with Gasteiger partial charge in [0.25, 0.3) is 0 Å². The molecule has 1 aromatic rings. The number of likely N-dealkylation sites (N-methyl/N-ethyl adjacent to an activating group) is 1. The summed E-state index contributed by atoms with van der Waals surface area (Å²) in [6, 6.07) is 6.52. The zero-order chi connectivity index (χ0) is 14.1. The topological polar surface area (TPSA) is 24.5 Å². The average Bonchev–Trinajstić information content (AvgIpc) is 2.41. The van der Waals surface area contributed by atoms with Crippen molar-refractivity contribution in [1.82, 2.24) is 5.32 Å². The molecule has 0 amide bonds. The van der Waals surface area contributed by atoms with Crippen LogP contribution >= 0.6 is 15.9 Å². The van der Waals surface area contributed by atoms with Crippen LogP contribution in [0, 0.1) is 0 Å². The Labute approximate surface area is 125 Å². The van der Waals surface area contributed by atoms with Gasteiger partial charge in [-0.05, 0) is 37.6 Å². The highest BCUT2D eigenvalue weighted by Gasteiger charge is 2.05. The summed E-state index contributed by atoms with van der Waals surface area (Å²) in [6.45, 7) is 8.63. The highest BCUT2D eigenvalue weighted by Crippen LogP contribution is 2.23. The highest BCUT2D eigenvalue weighted by atomic mass is 79.9. The Kier molecular flexibility index (Phi) is 8.10. The van der Waals surface area contributed by atoms with E-state index in [4.69, 9.17) is 4.74 Å². The van der Waals surface area contributed by atoms with E-state index in [0.717, 1.165) is 43.7 Å². The zero-order valence-electron chi connectivity index (χ0n) is 12.2. The zero-order valence-corrected chi connectivity index (χ0v) is 13.8. The molecule has 0 atom stereocenters. The van der Waals surface area contributed by atoms with Gasteiger partial charge in [-0.15, -0.1) is 0 Å². The average molecular weight is 329 g/mol. The molecule has 0 unspecified atom stereocenters. The molecule has 108 valence electrons. The molecule has 0 bridgehead atoms. The normalized spacial score (nSPS) is 10.7. The van der Waals surface area contributed by atoms with Crippen LogP contribution in [0.3, 0.4) is 0 Å². The summed E-state index contributed by atoms with van der Waals surface area (Å²) in [5.41, 5.74) is 2.52. The van der Waals surface area contributed by atoms with Gasteiger partial charge in [-0.3, -0.25) is 0 Å². The molecule has 0 fully saturated rings. The monoisotopic (exact) mass is 328 g/mol. The Hall–Kier alpha value is -0.580. The molecule has 0 aliphatic rings. The largest absolute Gasteiger partial charge is 0.380 e. The minimum Gasteiger partial charge on any atom is -0.380 e. The molecule has 1 N–H and O–H groups in total. The van der Waals surface area contributed by atoms with Gasteiger partial charge in [0.15, 0.2) is 0 Å². The van der Waals surface area contributed by atoms with E-state index < -0.39 is 0 Å². The molecule has 0 radical (unpaired) electrons. The molecular weight excluding hydrogens is 304 g/mol. The summed E-state index contributed by atoms with van der Waals surface area (Å²) in [5, 5.41) is 3.42. The number of halogens is 1. The molecule has 4 heteroatoms. The van der Waals surface area contributed by atoms with Crippen molar-refractivity contribution < 1.29 is 4.74 Å². The Balaban J connectivity index is 2.54. The van der Waals surface area contributed by atoms with Crippen molar-refractivity contribution in [1.29, 1.82) is 0 Å². The fraction of sp³-hybridized carbons (Fsp3) is 0.600. The Morgan fingerprint density at radius 3 is 2.74 bits per heavy atom. The number of rotatable bonds is 9. The van der Waals surface area contributed by atoms with Crippen LogP contribution in [-0.2, 0) is 11.3 Å². The second kappa shape index (κ2) is 9.34. The van der Waals surface area contributed by atoms with E-state index in [0.29, 0.717) is 0 Å². The van der Waals surface area contributed by atoms with Gasteiger partial charge in [0, 0.05) is 36.9 Å². The maximum Gasteiger partial charge on any atom is 0.0641 e. The number of benzene rings is 1. The first-order chi connectivity index (χ1) is 9.19. The van der Waals surface area contributed by atoms with Crippen molar-refractivity contribution >= 4 is 21.6 Å². The van der Waals surface area contributed by atoms with Crippen molar-refractivity contribution in [3.63, 3.8) is 0 Å². The van der Waals surface area contributed by atoms with E-state index in [1.165, 1.54) is 11.3 Å². The molecular formula is C15H25BrN2O. The molecule has 1 rings (SSSR count). The standard InChI is InChI=1S/C15H25BrN2O/c1-4-8-17-12-13-6-7-14(11-15(13)16)18(3)9-10-19-5-2/h6-7,11,17H,4-5,8-10,12H2,1-3H3. The van der Waals surface area contributed by atoms with E-state index in [9.17, 15) is 0 Å². The Morgan fingerprint density at radius 1 is 1.32 bits per heavy atom. The predicted octanol–water partition coefficient (Wildman–Crippen LogP) is 3.42. The van der Waals surface area contributed by atoms with Crippen molar-refractivity contribution in [2.24, 2.45) is 0 Å². The lowest BCUT2D eigenvalue weighted by Crippen LogP contribution is -2.22. The van der Waals surface area contributed by atoms with Gasteiger partial charge in [-0.1, -0.05) is 28.9 Å². The summed E-state index contributed by atoms with van der Waals surface area (Å²) in [6.07, 6.45) is 1.16. The molecule has 0 spiro atoms. The fourth-order valence-electron chi connectivity index (χ4n) is 1.79. The number of nitrogens with one attached hydrogen (secondary N) is 1. The van der Waals surface area contributed by atoms with Gasteiger partial charge in [-0.25, -0.2) is 0 Å². The van der Waals surface area contributed by atoms with Gasteiger partial charge in [0.2, 0.25) is 0 Å². The lowest BCUT2D eigenvalue weighted by Gasteiger charge is -2.20. The minimum absolute atomic E-state index is 0.768. The first-order valence-electron chi connectivity index (χ1n) is 6.97. The quantitative estimate of drug-likeness (QED) is 0.703. The predicted molar refractivity (Wildman–Crippen MR) is 85.9 cm³/mol. The third-order valence-corrected chi connectivity index (χ3v) is 3.73. The van der Waals surface area contributed by atoms with Crippen LogP contribution in [0.4, 0.5) is 5.69 Å². The number of nitrogens with zero attached hydrogens (tertiary/aromatic N) is 1. The Bertz CT molecular complexity index is 371. The third kappa shape index (κ3) is 5.93. The highest BCUT2D eigenvalue weighted by molar-refractivity contribution is 9.10. The summed E-state index contributed by atoms with van der Waals surface area (Å²) >= 11 is 3.65. The molecule has 0 aromatic heterocycles. The number of anilines is 1. The SMILES string of the molecule is CCCNCc1ccc(N(C)CCOCC)cc1Br. The van der Waals surface area contributed by atoms with Crippen LogP contribution < -0.4 is 10.2 Å². The van der Waals surface area contributed by atoms with Crippen LogP contribution in [0.2, 0.25) is 0 Å². The maximum absolute atomic E-state index is 5.38. The Morgan fingerprint density at radius 2 is 2.11 bits per heavy atom. The summed E-state index contributed by atoms with van der Waals surface area (Å²) in [4.78, 5) is 2.21. The van der Waals surface area contributed by atoms with Crippen LogP contribution in [0.1, 0.15) is 25.8 Å². The molecule has 0 aliphatic carbocycles. The van der Waals surface area contributed by atoms with E-state index in [1.54, 1.807) is 0 Å². The maximum atomic E-state index is 5.38. The van der Waals surface area contributed by atoms with E-state index >= 15 is 0 Å². The lowest BCUT2D eigenvalue weighted by molar-refractivity contribution is 0.154. The summed E-state index contributed by atoms with van der Waals surface area (Å²) in [5.74, 6) is 0.